The molecule has 0 aliphatic carbocycles. The van der Waals surface area contributed by atoms with Gasteiger partial charge in [-0.3, -0.25) is 5.41 Å². The molecule has 0 spiro atoms. The summed E-state index contributed by atoms with van der Waals surface area (Å²) in [6.45, 7) is 1.62. The molecule has 3 N–H and O–H groups in total. The number of hydrogen-bond donors (Lipinski definition) is 2. The van der Waals surface area contributed by atoms with Crippen LogP contribution in [0.3, 0.4) is 0 Å². The molecule has 1 aromatic heterocycles. The number of amidine groups is 1. The molecule has 0 saturated carbocycles. The minimum absolute atomic E-state index is 0.00213. The van der Waals surface area contributed by atoms with Gasteiger partial charge in [-0.2, -0.15) is 0 Å². The lowest BCUT2D eigenvalue weighted by Gasteiger charge is -1.99. The lowest BCUT2D eigenvalue weighted by molar-refractivity contribution is -0.392. The smallest absolute Gasteiger partial charge is 0.343 e. The van der Waals surface area contributed by atoms with Gasteiger partial charge in [0.1, 0.15) is 18.6 Å². The highest BCUT2D eigenvalue weighted by Crippen LogP contribution is 2.12. The summed E-state index contributed by atoms with van der Waals surface area (Å²) >= 11 is 0. The van der Waals surface area contributed by atoms with Crippen molar-refractivity contribution in [1.29, 1.82) is 5.41 Å². The highest BCUT2D eigenvalue weighted by atomic mass is 16.6. The minimum Gasteiger partial charge on any atom is -0.384 e. The Labute approximate surface area is 73.8 Å². The average Bonchev–Trinajstić information content (AvgIpc) is 2.32. The molecule has 0 aliphatic rings. The number of nitro groups is 1. The molecule has 0 atom stereocenters. The van der Waals surface area contributed by atoms with Crippen molar-refractivity contribution in [3.8, 4) is 0 Å². The van der Waals surface area contributed by atoms with Crippen LogP contribution in [0.5, 0.6) is 0 Å². The van der Waals surface area contributed by atoms with Crippen molar-refractivity contribution in [2.24, 2.45) is 5.73 Å². The second-order valence-corrected chi connectivity index (χ2v) is 2.53. The largest absolute Gasteiger partial charge is 0.384 e. The molecule has 0 radical (unpaired) electrons. The molecule has 0 unspecified atom stereocenters. The fourth-order valence-electron chi connectivity index (χ4n) is 0.968. The van der Waals surface area contributed by atoms with Gasteiger partial charge >= 0.3 is 5.82 Å². The maximum atomic E-state index is 10.5. The fourth-order valence-corrected chi connectivity index (χ4v) is 0.968. The summed E-state index contributed by atoms with van der Waals surface area (Å²) in [5.74, 6) is 0.193. The number of nitrogens with two attached hydrogens (primary N) is 1. The molecule has 0 bridgehead atoms. The molecular formula is C6H9N5O2. The maximum Gasteiger partial charge on any atom is 0.343 e. The van der Waals surface area contributed by atoms with Crippen LogP contribution in [0.1, 0.15) is 5.82 Å². The first-order chi connectivity index (χ1) is 6.02. The molecule has 13 heavy (non-hydrogen) atoms. The van der Waals surface area contributed by atoms with E-state index in [1.165, 1.54) is 4.57 Å². The Morgan fingerprint density at radius 3 is 3.00 bits per heavy atom. The topological polar surface area (TPSA) is 111 Å². The second kappa shape index (κ2) is 3.21. The minimum atomic E-state index is -0.553. The summed E-state index contributed by atoms with van der Waals surface area (Å²) in [6.07, 6.45) is 1.15. The third-order valence-electron chi connectivity index (χ3n) is 1.55. The molecule has 0 fully saturated rings. The lowest BCUT2D eigenvalue weighted by Crippen LogP contribution is -2.19. The standard InChI is InChI=1S/C6H9N5O2/c1-4-9-2-6(11(12)13)10(4)3-5(7)8/h2H,3H2,1H3,(H3,7,8). The van der Waals surface area contributed by atoms with Gasteiger partial charge in [0.25, 0.3) is 0 Å². The van der Waals surface area contributed by atoms with Gasteiger partial charge in [0.15, 0.2) is 5.82 Å². The van der Waals surface area contributed by atoms with Crippen molar-refractivity contribution in [2.45, 2.75) is 13.5 Å². The predicted octanol–water partition coefficient (Wildman–Crippen LogP) is 0.0357. The number of aromatic nitrogens is 2. The Bertz CT molecular complexity index is 356. The second-order valence-electron chi connectivity index (χ2n) is 2.53. The van der Waals surface area contributed by atoms with Crippen LogP contribution in [-0.2, 0) is 6.54 Å². The highest BCUT2D eigenvalue weighted by molar-refractivity contribution is 5.77. The van der Waals surface area contributed by atoms with Crippen LogP contribution in [0.25, 0.3) is 0 Å². The maximum absolute atomic E-state index is 10.5. The normalized spacial score (nSPS) is 9.92. The van der Waals surface area contributed by atoms with Gasteiger partial charge in [0, 0.05) is 6.92 Å². The zero-order valence-corrected chi connectivity index (χ0v) is 7.02. The SMILES string of the molecule is Cc1ncc([N+](=O)[O-])n1CC(=N)N. The van der Waals surface area contributed by atoms with E-state index in [1.54, 1.807) is 6.92 Å². The number of nitrogens with one attached hydrogen (secondary N) is 1. The number of rotatable bonds is 3. The first kappa shape index (κ1) is 9.17. The van der Waals surface area contributed by atoms with E-state index in [0.717, 1.165) is 6.20 Å². The van der Waals surface area contributed by atoms with E-state index < -0.39 is 4.92 Å². The molecule has 70 valence electrons. The molecule has 0 saturated heterocycles. The summed E-state index contributed by atoms with van der Waals surface area (Å²) in [5.41, 5.74) is 5.13. The number of hydrogen-bond acceptors (Lipinski definition) is 4. The first-order valence-electron chi connectivity index (χ1n) is 3.51. The van der Waals surface area contributed by atoms with Gasteiger partial charge in [0.05, 0.1) is 0 Å². The van der Waals surface area contributed by atoms with Crippen LogP contribution >= 0.6 is 0 Å². The summed E-state index contributed by atoms with van der Waals surface area (Å²) in [4.78, 5) is 13.7. The van der Waals surface area contributed by atoms with Crippen molar-refractivity contribution in [3.63, 3.8) is 0 Å². The quantitative estimate of drug-likeness (QED) is 0.298. The molecular weight excluding hydrogens is 174 g/mol. The van der Waals surface area contributed by atoms with Crippen LogP contribution in [-0.4, -0.2) is 20.3 Å². The van der Waals surface area contributed by atoms with Crippen molar-refractivity contribution in [3.05, 3.63) is 22.1 Å². The first-order valence-corrected chi connectivity index (χ1v) is 3.51. The van der Waals surface area contributed by atoms with Crippen LogP contribution in [0.4, 0.5) is 5.82 Å². The van der Waals surface area contributed by atoms with Crippen molar-refractivity contribution in [1.82, 2.24) is 9.55 Å². The summed E-state index contributed by atoms with van der Waals surface area (Å²) in [7, 11) is 0. The zero-order chi connectivity index (χ0) is 10.0. The van der Waals surface area contributed by atoms with Gasteiger partial charge in [-0.15, -0.1) is 0 Å². The van der Waals surface area contributed by atoms with E-state index in [0.29, 0.717) is 5.82 Å². The van der Waals surface area contributed by atoms with Gasteiger partial charge in [-0.25, -0.2) is 9.55 Å². The number of aryl methyl sites for hydroxylation is 1. The Morgan fingerprint density at radius 2 is 2.54 bits per heavy atom. The monoisotopic (exact) mass is 183 g/mol. The Hall–Kier alpha value is -1.92. The van der Waals surface area contributed by atoms with Gasteiger partial charge in [-0.05, 0) is 4.92 Å². The number of imidazole rings is 1. The Morgan fingerprint density at radius 1 is 1.92 bits per heavy atom. The predicted molar refractivity (Wildman–Crippen MR) is 45.5 cm³/mol. The van der Waals surface area contributed by atoms with Crippen molar-refractivity contribution < 1.29 is 4.92 Å². The van der Waals surface area contributed by atoms with Crippen molar-refractivity contribution >= 4 is 11.7 Å². The lowest BCUT2D eigenvalue weighted by atomic mass is 10.5. The average molecular weight is 183 g/mol. The fraction of sp³-hybridized carbons (Fsp3) is 0.333. The summed E-state index contributed by atoms with van der Waals surface area (Å²) in [5, 5.41) is 17.5. The third-order valence-corrected chi connectivity index (χ3v) is 1.55. The molecule has 1 rings (SSSR count). The number of nitrogens with zero attached hydrogens (tertiary/aromatic N) is 3. The molecule has 0 aliphatic heterocycles. The molecule has 1 aromatic rings. The van der Waals surface area contributed by atoms with Crippen LogP contribution in [0, 0.1) is 22.4 Å². The van der Waals surface area contributed by atoms with E-state index >= 15 is 0 Å². The summed E-state index contributed by atoms with van der Waals surface area (Å²) < 4.78 is 1.28. The highest BCUT2D eigenvalue weighted by Gasteiger charge is 2.17. The zero-order valence-electron chi connectivity index (χ0n) is 7.02. The third kappa shape index (κ3) is 1.81. The van der Waals surface area contributed by atoms with E-state index in [4.69, 9.17) is 11.1 Å². The molecule has 1 heterocycles. The van der Waals surface area contributed by atoms with Crippen molar-refractivity contribution in [2.75, 3.05) is 0 Å². The molecule has 7 heteroatoms. The Kier molecular flexibility index (Phi) is 2.27. The molecule has 0 amide bonds. The van der Waals surface area contributed by atoms with Crippen LogP contribution in [0.2, 0.25) is 0 Å². The van der Waals surface area contributed by atoms with Gasteiger partial charge < -0.3 is 15.8 Å². The van der Waals surface area contributed by atoms with E-state index in [1.807, 2.05) is 0 Å². The van der Waals surface area contributed by atoms with E-state index in [-0.39, 0.29) is 18.2 Å². The molecule has 0 aromatic carbocycles. The van der Waals surface area contributed by atoms with Gasteiger partial charge in [-0.1, -0.05) is 0 Å². The molecule has 7 nitrogen and oxygen atoms in total. The van der Waals surface area contributed by atoms with E-state index in [2.05, 4.69) is 4.98 Å². The van der Waals surface area contributed by atoms with Crippen LogP contribution < -0.4 is 5.73 Å². The summed E-state index contributed by atoms with van der Waals surface area (Å²) in [6, 6.07) is 0. The van der Waals surface area contributed by atoms with Gasteiger partial charge in [0.2, 0.25) is 0 Å². The van der Waals surface area contributed by atoms with Crippen LogP contribution in [0.15, 0.2) is 6.20 Å². The van der Waals surface area contributed by atoms with E-state index in [9.17, 15) is 10.1 Å². The Balaban J connectivity index is 3.08.